The molecule has 21 heavy (non-hydrogen) atoms. The molecule has 0 bridgehead atoms. The number of nitrogens with zero attached hydrogens (tertiary/aromatic N) is 4. The summed E-state index contributed by atoms with van der Waals surface area (Å²) in [5.41, 5.74) is 6.22. The van der Waals surface area contributed by atoms with Gasteiger partial charge in [-0.2, -0.15) is 15.0 Å². The monoisotopic (exact) mass is 290 g/mol. The van der Waals surface area contributed by atoms with Crippen molar-refractivity contribution in [2.45, 2.75) is 51.9 Å². The molecule has 2 fully saturated rings. The Kier molecular flexibility index (Phi) is 4.12. The van der Waals surface area contributed by atoms with Gasteiger partial charge in [-0.1, -0.05) is 19.8 Å². The summed E-state index contributed by atoms with van der Waals surface area (Å²) in [6.07, 6.45) is 8.91. The van der Waals surface area contributed by atoms with Crippen molar-refractivity contribution >= 4 is 17.8 Å². The molecule has 6 nitrogen and oxygen atoms in total. The fourth-order valence-electron chi connectivity index (χ4n) is 3.39. The molecule has 1 aromatic rings. The molecular weight excluding hydrogens is 264 g/mol. The van der Waals surface area contributed by atoms with Crippen molar-refractivity contribution < 1.29 is 0 Å². The second-order valence-electron chi connectivity index (χ2n) is 6.74. The molecule has 6 heteroatoms. The summed E-state index contributed by atoms with van der Waals surface area (Å²) in [6, 6.07) is 0. The fourth-order valence-corrected chi connectivity index (χ4v) is 3.39. The third-order valence-corrected chi connectivity index (χ3v) is 4.76. The highest BCUT2D eigenvalue weighted by Gasteiger charge is 2.28. The van der Waals surface area contributed by atoms with Gasteiger partial charge in [-0.05, 0) is 37.5 Å². The van der Waals surface area contributed by atoms with E-state index in [1.165, 1.54) is 44.9 Å². The Morgan fingerprint density at radius 1 is 1.05 bits per heavy atom. The summed E-state index contributed by atoms with van der Waals surface area (Å²) in [4.78, 5) is 15.3. The molecular formula is C15H26N6. The minimum atomic E-state index is 0.310. The fraction of sp³-hybridized carbons (Fsp3) is 0.800. The maximum atomic E-state index is 5.85. The average Bonchev–Trinajstić information content (AvgIpc) is 2.93. The van der Waals surface area contributed by atoms with Gasteiger partial charge in [-0.3, -0.25) is 0 Å². The highest BCUT2D eigenvalue weighted by atomic mass is 15.3. The summed E-state index contributed by atoms with van der Waals surface area (Å²) in [7, 11) is 0. The van der Waals surface area contributed by atoms with Crippen molar-refractivity contribution in [1.29, 1.82) is 0 Å². The minimum absolute atomic E-state index is 0.310. The van der Waals surface area contributed by atoms with Crippen LogP contribution in [0.25, 0.3) is 0 Å². The van der Waals surface area contributed by atoms with E-state index in [9.17, 15) is 0 Å². The largest absolute Gasteiger partial charge is 0.368 e. The smallest absolute Gasteiger partial charge is 0.231 e. The van der Waals surface area contributed by atoms with Gasteiger partial charge in [0.05, 0.1) is 0 Å². The summed E-state index contributed by atoms with van der Waals surface area (Å²) in [5, 5.41) is 3.38. The van der Waals surface area contributed by atoms with Crippen LogP contribution in [0, 0.1) is 5.41 Å². The Bertz CT molecular complexity index is 477. The van der Waals surface area contributed by atoms with Crippen LogP contribution in [0.3, 0.4) is 0 Å². The van der Waals surface area contributed by atoms with Crippen molar-refractivity contribution in [2.75, 3.05) is 35.6 Å². The molecule has 0 atom stereocenters. The number of nitrogens with one attached hydrogen (secondary N) is 1. The molecule has 3 rings (SSSR count). The Labute approximate surface area is 126 Å². The van der Waals surface area contributed by atoms with Gasteiger partial charge in [0, 0.05) is 19.6 Å². The van der Waals surface area contributed by atoms with E-state index < -0.39 is 0 Å². The Balaban J connectivity index is 1.68. The molecule has 1 aromatic heterocycles. The van der Waals surface area contributed by atoms with Crippen LogP contribution in [0.4, 0.5) is 17.8 Å². The molecule has 1 aliphatic heterocycles. The Morgan fingerprint density at radius 2 is 1.76 bits per heavy atom. The lowest BCUT2D eigenvalue weighted by molar-refractivity contribution is 0.361. The molecule has 0 amide bonds. The molecule has 1 saturated heterocycles. The molecule has 1 saturated carbocycles. The van der Waals surface area contributed by atoms with E-state index in [1.54, 1.807) is 0 Å². The number of aromatic nitrogens is 3. The van der Waals surface area contributed by atoms with Crippen molar-refractivity contribution in [2.24, 2.45) is 5.41 Å². The second-order valence-corrected chi connectivity index (χ2v) is 6.74. The van der Waals surface area contributed by atoms with Crippen LogP contribution >= 0.6 is 0 Å². The SMILES string of the molecule is CC1(CNc2nc(N)nc(N3CCCCC3)n2)CCCC1. The van der Waals surface area contributed by atoms with Gasteiger partial charge in [0.15, 0.2) is 0 Å². The molecule has 0 unspecified atom stereocenters. The lowest BCUT2D eigenvalue weighted by Gasteiger charge is -2.27. The summed E-state index contributed by atoms with van der Waals surface area (Å²) in [6.45, 7) is 5.28. The number of rotatable bonds is 4. The van der Waals surface area contributed by atoms with E-state index in [0.29, 0.717) is 17.3 Å². The first-order chi connectivity index (χ1) is 10.1. The maximum Gasteiger partial charge on any atom is 0.231 e. The molecule has 0 radical (unpaired) electrons. The summed E-state index contributed by atoms with van der Waals surface area (Å²) < 4.78 is 0. The Hall–Kier alpha value is -1.59. The van der Waals surface area contributed by atoms with Gasteiger partial charge in [0.25, 0.3) is 0 Å². The second kappa shape index (κ2) is 6.03. The van der Waals surface area contributed by atoms with E-state index in [4.69, 9.17) is 5.73 Å². The number of nitrogen functional groups attached to an aromatic ring is 1. The van der Waals surface area contributed by atoms with Crippen LogP contribution in [-0.2, 0) is 0 Å². The average molecular weight is 290 g/mol. The molecule has 116 valence electrons. The Morgan fingerprint density at radius 3 is 2.48 bits per heavy atom. The highest BCUT2D eigenvalue weighted by molar-refractivity contribution is 5.42. The lowest BCUT2D eigenvalue weighted by atomic mass is 9.89. The first kappa shape index (κ1) is 14.4. The van der Waals surface area contributed by atoms with Gasteiger partial charge in [0.2, 0.25) is 17.8 Å². The van der Waals surface area contributed by atoms with E-state index >= 15 is 0 Å². The van der Waals surface area contributed by atoms with Crippen LogP contribution in [0.2, 0.25) is 0 Å². The lowest BCUT2D eigenvalue weighted by Crippen LogP contribution is -2.32. The quantitative estimate of drug-likeness (QED) is 0.886. The van der Waals surface area contributed by atoms with E-state index in [0.717, 1.165) is 25.6 Å². The van der Waals surface area contributed by atoms with Crippen LogP contribution in [0.5, 0.6) is 0 Å². The maximum absolute atomic E-state index is 5.85. The van der Waals surface area contributed by atoms with E-state index in [-0.39, 0.29) is 0 Å². The topological polar surface area (TPSA) is 80.0 Å². The van der Waals surface area contributed by atoms with Crippen molar-refractivity contribution in [1.82, 2.24) is 15.0 Å². The van der Waals surface area contributed by atoms with Crippen LogP contribution < -0.4 is 16.0 Å². The van der Waals surface area contributed by atoms with Gasteiger partial charge in [-0.15, -0.1) is 0 Å². The minimum Gasteiger partial charge on any atom is -0.368 e. The normalized spacial score (nSPS) is 21.5. The number of anilines is 3. The van der Waals surface area contributed by atoms with Crippen LogP contribution in [0.15, 0.2) is 0 Å². The molecule has 0 spiro atoms. The van der Waals surface area contributed by atoms with Gasteiger partial charge in [0.1, 0.15) is 0 Å². The van der Waals surface area contributed by atoms with Crippen LogP contribution in [0.1, 0.15) is 51.9 Å². The van der Waals surface area contributed by atoms with E-state index in [1.807, 2.05) is 0 Å². The molecule has 1 aliphatic carbocycles. The molecule has 3 N–H and O–H groups in total. The van der Waals surface area contributed by atoms with Gasteiger partial charge >= 0.3 is 0 Å². The van der Waals surface area contributed by atoms with Crippen molar-refractivity contribution in [3.63, 3.8) is 0 Å². The van der Waals surface area contributed by atoms with Crippen LogP contribution in [-0.4, -0.2) is 34.6 Å². The zero-order valence-corrected chi connectivity index (χ0v) is 12.9. The number of nitrogens with two attached hydrogens (primary N) is 1. The number of hydrogen-bond donors (Lipinski definition) is 2. The standard InChI is InChI=1S/C15H26N6/c1-15(7-3-4-8-15)11-17-13-18-12(16)19-14(20-13)21-9-5-2-6-10-21/h2-11H2,1H3,(H3,16,17,18,19,20). The zero-order valence-electron chi connectivity index (χ0n) is 12.9. The summed E-state index contributed by atoms with van der Waals surface area (Å²) >= 11 is 0. The molecule has 2 aliphatic rings. The van der Waals surface area contributed by atoms with Crippen molar-refractivity contribution in [3.8, 4) is 0 Å². The van der Waals surface area contributed by atoms with E-state index in [2.05, 4.69) is 32.1 Å². The predicted octanol–water partition coefficient (Wildman–Crippen LogP) is 2.44. The highest BCUT2D eigenvalue weighted by Crippen LogP contribution is 2.37. The zero-order chi connectivity index (χ0) is 14.7. The molecule has 0 aromatic carbocycles. The first-order valence-electron chi connectivity index (χ1n) is 8.15. The third-order valence-electron chi connectivity index (χ3n) is 4.76. The molecule has 2 heterocycles. The van der Waals surface area contributed by atoms with Crippen molar-refractivity contribution in [3.05, 3.63) is 0 Å². The summed E-state index contributed by atoms with van der Waals surface area (Å²) in [5.74, 6) is 1.65. The van der Waals surface area contributed by atoms with Gasteiger partial charge in [-0.25, -0.2) is 0 Å². The third kappa shape index (κ3) is 3.54. The predicted molar refractivity (Wildman–Crippen MR) is 85.4 cm³/mol. The van der Waals surface area contributed by atoms with Gasteiger partial charge < -0.3 is 16.0 Å². The first-order valence-corrected chi connectivity index (χ1v) is 8.15. The number of hydrogen-bond acceptors (Lipinski definition) is 6. The number of piperidine rings is 1.